The second-order valence-electron chi connectivity index (χ2n) is 5.49. The van der Waals surface area contributed by atoms with Gasteiger partial charge in [-0.2, -0.15) is 26.3 Å². The van der Waals surface area contributed by atoms with Crippen LogP contribution in [-0.2, 0) is 20.4 Å². The fourth-order valence-corrected chi connectivity index (χ4v) is 2.34. The Hall–Kier alpha value is -2.01. The molecule has 26 heavy (non-hydrogen) atoms. The van der Waals surface area contributed by atoms with Crippen molar-refractivity contribution in [2.45, 2.75) is 12.4 Å². The SMILES string of the molecule is O=C(COCC(F)(F)F)Nc1cc(C(F)(F)F)ccc1N1CCOCC1. The average Bonchev–Trinajstić information content (AvgIpc) is 2.53. The smallest absolute Gasteiger partial charge is 0.378 e. The van der Waals surface area contributed by atoms with Crippen LogP contribution in [-0.4, -0.2) is 51.6 Å². The van der Waals surface area contributed by atoms with Crippen LogP contribution < -0.4 is 10.2 Å². The maximum atomic E-state index is 12.9. The third-order valence-corrected chi connectivity index (χ3v) is 3.45. The fourth-order valence-electron chi connectivity index (χ4n) is 2.34. The predicted octanol–water partition coefficient (Wildman–Crippen LogP) is 3.06. The summed E-state index contributed by atoms with van der Waals surface area (Å²) >= 11 is 0. The van der Waals surface area contributed by atoms with Crippen LogP contribution in [0.2, 0.25) is 0 Å². The Balaban J connectivity index is 2.15. The van der Waals surface area contributed by atoms with Crippen molar-refractivity contribution in [1.29, 1.82) is 0 Å². The standard InChI is InChI=1S/C15H16F6N2O3/c16-14(17,18)9-26-8-13(24)22-11-7-10(15(19,20)21)1-2-12(11)23-3-5-25-6-4-23/h1-2,7H,3-6,8-9H2,(H,22,24). The molecule has 0 aromatic heterocycles. The van der Waals surface area contributed by atoms with E-state index < -0.39 is 37.0 Å². The lowest BCUT2D eigenvalue weighted by molar-refractivity contribution is -0.174. The maximum absolute atomic E-state index is 12.9. The van der Waals surface area contributed by atoms with Crippen molar-refractivity contribution < 1.29 is 40.6 Å². The van der Waals surface area contributed by atoms with E-state index in [0.29, 0.717) is 32.0 Å². The van der Waals surface area contributed by atoms with Crippen LogP contribution in [0.3, 0.4) is 0 Å². The normalized spacial score (nSPS) is 15.8. The molecule has 0 bridgehead atoms. The number of halogens is 6. The van der Waals surface area contributed by atoms with Gasteiger partial charge in [0.15, 0.2) is 0 Å². The van der Waals surface area contributed by atoms with E-state index >= 15 is 0 Å². The van der Waals surface area contributed by atoms with Crippen LogP contribution in [0.5, 0.6) is 0 Å². The summed E-state index contributed by atoms with van der Waals surface area (Å²) in [6.07, 6.45) is -9.23. The molecular weight excluding hydrogens is 370 g/mol. The molecule has 5 nitrogen and oxygen atoms in total. The maximum Gasteiger partial charge on any atom is 0.416 e. The monoisotopic (exact) mass is 386 g/mol. The zero-order chi connectivity index (χ0) is 19.4. The molecule has 1 aliphatic rings. The summed E-state index contributed by atoms with van der Waals surface area (Å²) in [5, 5.41) is 2.19. The van der Waals surface area contributed by atoms with Gasteiger partial charge in [0.05, 0.1) is 30.2 Å². The lowest BCUT2D eigenvalue weighted by Gasteiger charge is -2.31. The summed E-state index contributed by atoms with van der Waals surface area (Å²) in [5.41, 5.74) is -0.811. The van der Waals surface area contributed by atoms with E-state index in [1.165, 1.54) is 6.07 Å². The van der Waals surface area contributed by atoms with E-state index in [-0.39, 0.29) is 5.69 Å². The minimum Gasteiger partial charge on any atom is -0.378 e. The van der Waals surface area contributed by atoms with Crippen molar-refractivity contribution in [3.63, 3.8) is 0 Å². The van der Waals surface area contributed by atoms with Crippen molar-refractivity contribution in [3.05, 3.63) is 23.8 Å². The first-order chi connectivity index (χ1) is 12.1. The van der Waals surface area contributed by atoms with Gasteiger partial charge in [-0.25, -0.2) is 0 Å². The summed E-state index contributed by atoms with van der Waals surface area (Å²) < 4.78 is 84.2. The van der Waals surface area contributed by atoms with E-state index in [1.807, 2.05) is 0 Å². The lowest BCUT2D eigenvalue weighted by Crippen LogP contribution is -2.37. The number of ether oxygens (including phenoxy) is 2. The minimum atomic E-state index is -4.63. The highest BCUT2D eigenvalue weighted by Crippen LogP contribution is 2.35. The number of rotatable bonds is 5. The van der Waals surface area contributed by atoms with Gasteiger partial charge in [0.25, 0.3) is 0 Å². The summed E-state index contributed by atoms with van der Waals surface area (Å²) in [6, 6.07) is 2.83. The number of hydrogen-bond donors (Lipinski definition) is 1. The van der Waals surface area contributed by atoms with Crippen LogP contribution in [0.25, 0.3) is 0 Å². The van der Waals surface area contributed by atoms with Gasteiger partial charge in [0.1, 0.15) is 13.2 Å². The highest BCUT2D eigenvalue weighted by Gasteiger charge is 2.32. The number of anilines is 2. The van der Waals surface area contributed by atoms with Gasteiger partial charge < -0.3 is 19.7 Å². The summed E-state index contributed by atoms with van der Waals surface area (Å²) in [4.78, 5) is 13.5. The van der Waals surface area contributed by atoms with Gasteiger partial charge in [0.2, 0.25) is 5.91 Å². The highest BCUT2D eigenvalue weighted by atomic mass is 19.4. The number of benzene rings is 1. The molecule has 1 aliphatic heterocycles. The van der Waals surface area contributed by atoms with Crippen LogP contribution in [0.1, 0.15) is 5.56 Å². The molecule has 1 aromatic carbocycles. The first kappa shape index (κ1) is 20.3. The summed E-state index contributed by atoms with van der Waals surface area (Å²) in [6.45, 7) is -1.03. The zero-order valence-corrected chi connectivity index (χ0v) is 13.4. The molecule has 11 heteroatoms. The van der Waals surface area contributed by atoms with Crippen LogP contribution >= 0.6 is 0 Å². The first-order valence-corrected chi connectivity index (χ1v) is 7.54. The van der Waals surface area contributed by atoms with E-state index in [4.69, 9.17) is 4.74 Å². The number of carbonyl (C=O) groups is 1. The number of morpholine rings is 1. The highest BCUT2D eigenvalue weighted by molar-refractivity contribution is 5.95. The average molecular weight is 386 g/mol. The molecule has 146 valence electrons. The largest absolute Gasteiger partial charge is 0.416 e. The molecule has 1 saturated heterocycles. The summed E-state index contributed by atoms with van der Waals surface area (Å²) in [7, 11) is 0. The Morgan fingerprint density at radius 1 is 1.15 bits per heavy atom. The number of hydrogen-bond acceptors (Lipinski definition) is 4. The minimum absolute atomic E-state index is 0.151. The van der Waals surface area contributed by atoms with E-state index in [1.54, 1.807) is 4.90 Å². The molecule has 0 aliphatic carbocycles. The molecule has 1 amide bonds. The third-order valence-electron chi connectivity index (χ3n) is 3.45. The van der Waals surface area contributed by atoms with Gasteiger partial charge >= 0.3 is 12.4 Å². The molecule has 0 atom stereocenters. The van der Waals surface area contributed by atoms with Crippen LogP contribution in [0.4, 0.5) is 37.7 Å². The zero-order valence-electron chi connectivity index (χ0n) is 13.4. The number of carbonyl (C=O) groups excluding carboxylic acids is 1. The van der Waals surface area contributed by atoms with Crippen molar-refractivity contribution in [3.8, 4) is 0 Å². The Bertz CT molecular complexity index is 627. The second-order valence-corrected chi connectivity index (χ2v) is 5.49. The topological polar surface area (TPSA) is 50.8 Å². The number of amides is 1. The molecule has 1 heterocycles. The van der Waals surface area contributed by atoms with Gasteiger partial charge in [0, 0.05) is 13.1 Å². The second kappa shape index (κ2) is 8.12. The number of alkyl halides is 6. The Morgan fingerprint density at radius 2 is 1.81 bits per heavy atom. The molecule has 1 fully saturated rings. The number of nitrogens with one attached hydrogen (secondary N) is 1. The molecular formula is C15H16F6N2O3. The molecule has 1 N–H and O–H groups in total. The number of nitrogens with zero attached hydrogens (tertiary/aromatic N) is 1. The van der Waals surface area contributed by atoms with Gasteiger partial charge in [-0.05, 0) is 18.2 Å². The van der Waals surface area contributed by atoms with Crippen molar-refractivity contribution >= 4 is 17.3 Å². The Labute approximate surface area is 144 Å². The third kappa shape index (κ3) is 6.06. The molecule has 1 aromatic rings. The predicted molar refractivity (Wildman–Crippen MR) is 80.0 cm³/mol. The van der Waals surface area contributed by atoms with Crippen molar-refractivity contribution in [1.82, 2.24) is 0 Å². The molecule has 0 spiro atoms. The molecule has 2 rings (SSSR count). The fraction of sp³-hybridized carbons (Fsp3) is 0.533. The van der Waals surface area contributed by atoms with Gasteiger partial charge in [-0.3, -0.25) is 4.79 Å². The van der Waals surface area contributed by atoms with E-state index in [0.717, 1.165) is 12.1 Å². The van der Waals surface area contributed by atoms with Gasteiger partial charge in [-0.15, -0.1) is 0 Å². The molecule has 0 saturated carbocycles. The van der Waals surface area contributed by atoms with E-state index in [2.05, 4.69) is 10.1 Å². The quantitative estimate of drug-likeness (QED) is 0.791. The molecule has 0 radical (unpaired) electrons. The van der Waals surface area contributed by atoms with Crippen molar-refractivity contribution in [2.75, 3.05) is 49.7 Å². The first-order valence-electron chi connectivity index (χ1n) is 7.54. The van der Waals surface area contributed by atoms with Gasteiger partial charge in [-0.1, -0.05) is 0 Å². The van der Waals surface area contributed by atoms with Crippen LogP contribution in [0.15, 0.2) is 18.2 Å². The lowest BCUT2D eigenvalue weighted by atomic mass is 10.1. The van der Waals surface area contributed by atoms with Crippen molar-refractivity contribution in [2.24, 2.45) is 0 Å². The Morgan fingerprint density at radius 3 is 2.38 bits per heavy atom. The Kier molecular flexibility index (Phi) is 6.34. The summed E-state index contributed by atoms with van der Waals surface area (Å²) in [5.74, 6) is -0.983. The molecule has 0 unspecified atom stereocenters. The van der Waals surface area contributed by atoms with E-state index in [9.17, 15) is 31.1 Å². The van der Waals surface area contributed by atoms with Crippen LogP contribution in [0, 0.1) is 0 Å².